The Morgan fingerprint density at radius 1 is 1.08 bits per heavy atom. The number of fused-ring (bicyclic) bond motifs is 5. The zero-order chi connectivity index (χ0) is 25.8. The molecule has 8 nitrogen and oxygen atoms in total. The topological polar surface area (TPSA) is 147 Å². The van der Waals surface area contributed by atoms with Crippen LogP contribution in [0.5, 0.6) is 0 Å². The molecule has 4 N–H and O–H groups in total. The summed E-state index contributed by atoms with van der Waals surface area (Å²) in [5.41, 5.74) is -0.267. The van der Waals surface area contributed by atoms with Crippen LogP contribution in [0.25, 0.3) is 0 Å². The van der Waals surface area contributed by atoms with Gasteiger partial charge in [0.15, 0.2) is 0 Å². The van der Waals surface area contributed by atoms with Gasteiger partial charge in [-0.2, -0.15) is 0 Å². The van der Waals surface area contributed by atoms with Crippen LogP contribution < -0.4 is 34.9 Å². The average Bonchev–Trinajstić information content (AvgIpc) is 3.12. The molecule has 0 spiro atoms. The van der Waals surface area contributed by atoms with Crippen LogP contribution in [0.3, 0.4) is 0 Å². The maximum atomic E-state index is 12.2. The quantitative estimate of drug-likeness (QED) is 0.241. The van der Waals surface area contributed by atoms with Crippen LogP contribution in [0.2, 0.25) is 0 Å². The number of carbonyl (C=O) groups is 1. The van der Waals surface area contributed by atoms with Gasteiger partial charge in [0.05, 0.1) is 34.2 Å². The van der Waals surface area contributed by atoms with E-state index in [1.807, 2.05) is 0 Å². The number of rotatable bonds is 7. The van der Waals surface area contributed by atoms with Gasteiger partial charge in [0.1, 0.15) is 0 Å². The van der Waals surface area contributed by atoms with Crippen molar-refractivity contribution in [3.8, 4) is 0 Å². The zero-order valence-electron chi connectivity index (χ0n) is 22.4. The first kappa shape index (κ1) is 30.8. The third-order valence-electron chi connectivity index (χ3n) is 11.0. The van der Waals surface area contributed by atoms with E-state index in [2.05, 4.69) is 26.1 Å². The van der Waals surface area contributed by atoms with Crippen molar-refractivity contribution >= 4 is 16.0 Å². The van der Waals surface area contributed by atoms with E-state index in [4.69, 9.17) is 0 Å². The number of amides is 1. The zero-order valence-corrected chi connectivity index (χ0v) is 25.2. The van der Waals surface area contributed by atoms with Crippen LogP contribution in [0.4, 0.5) is 0 Å². The molecule has 4 aliphatic carbocycles. The summed E-state index contributed by atoms with van der Waals surface area (Å²) < 4.78 is 32.2. The predicted molar refractivity (Wildman–Crippen MR) is 130 cm³/mol. The molecule has 1 amide bonds. The van der Waals surface area contributed by atoms with Gasteiger partial charge in [0, 0.05) is 13.0 Å². The van der Waals surface area contributed by atoms with Crippen LogP contribution in [0.15, 0.2) is 0 Å². The normalized spacial score (nSPS) is 45.0. The minimum atomic E-state index is -4.35. The minimum Gasteiger partial charge on any atom is -0.748 e. The minimum absolute atomic E-state index is 0. The first-order valence-corrected chi connectivity index (χ1v) is 15.1. The number of hydrogen-bond donors (Lipinski definition) is 4. The van der Waals surface area contributed by atoms with E-state index in [1.165, 1.54) is 0 Å². The summed E-state index contributed by atoms with van der Waals surface area (Å²) in [5.74, 6) is 0.522. The SMILES string of the molecule is C[C@H](CCC(=O)NCCS(=O)(=O)[O-])[C@H]1CCC2C3C(O)C[C@@H]4C[C@H](O)CC[C@]4(C)C3C[C@H](O)[C@@]21C.[Na+]. The summed E-state index contributed by atoms with van der Waals surface area (Å²) in [6, 6.07) is 0. The molecule has 202 valence electrons. The van der Waals surface area contributed by atoms with Gasteiger partial charge < -0.3 is 25.2 Å². The Balaban J connectivity index is 0.00000361. The first-order chi connectivity index (χ1) is 16.3. The third kappa shape index (κ3) is 5.74. The van der Waals surface area contributed by atoms with Gasteiger partial charge in [-0.3, -0.25) is 4.79 Å². The van der Waals surface area contributed by atoms with Gasteiger partial charge in [0.25, 0.3) is 0 Å². The van der Waals surface area contributed by atoms with E-state index in [0.29, 0.717) is 18.8 Å². The van der Waals surface area contributed by atoms with E-state index in [0.717, 1.165) is 38.5 Å². The molecule has 11 atom stereocenters. The summed E-state index contributed by atoms with van der Waals surface area (Å²) >= 11 is 0. The molecule has 0 saturated heterocycles. The fourth-order valence-electron chi connectivity index (χ4n) is 9.10. The number of hydrogen-bond acceptors (Lipinski definition) is 7. The first-order valence-electron chi connectivity index (χ1n) is 13.5. The molecule has 0 aliphatic heterocycles. The Bertz CT molecular complexity index is 903. The summed E-state index contributed by atoms with van der Waals surface area (Å²) in [5, 5.41) is 35.7. The molecule has 0 aromatic heterocycles. The van der Waals surface area contributed by atoms with Crippen molar-refractivity contribution in [2.45, 2.75) is 96.9 Å². The largest absolute Gasteiger partial charge is 1.00 e. The van der Waals surface area contributed by atoms with Crippen LogP contribution in [0.1, 0.15) is 78.6 Å². The molecule has 4 unspecified atom stereocenters. The Morgan fingerprint density at radius 3 is 2.44 bits per heavy atom. The Hall–Kier alpha value is 0.260. The molecule has 10 heteroatoms. The Labute approximate surface area is 238 Å². The van der Waals surface area contributed by atoms with E-state index in [-0.39, 0.29) is 95.0 Å². The fraction of sp³-hybridized carbons (Fsp3) is 0.962. The standard InChI is InChI=1S/C26H45NO7S.Na/c1-15(4-7-23(31)27-10-11-35(32,33)34)18-5-6-19-24-20(14-22(30)26(18,19)3)25(2)9-8-17(28)12-16(25)13-21(24)29;/h15-22,24,28-30H,4-14H2,1-3H3,(H,27,31)(H,32,33,34);/q;+1/p-1/t15-,16+,17-,18-,19?,20?,21?,22+,24?,25+,26-;/m1./s1. The van der Waals surface area contributed by atoms with Gasteiger partial charge in [-0.25, -0.2) is 8.42 Å². The van der Waals surface area contributed by atoms with Gasteiger partial charge in [0.2, 0.25) is 5.91 Å². The van der Waals surface area contributed by atoms with E-state index < -0.39 is 28.1 Å². The monoisotopic (exact) mass is 537 g/mol. The smallest absolute Gasteiger partial charge is 0.748 e. The molecule has 0 bridgehead atoms. The van der Waals surface area contributed by atoms with E-state index in [1.54, 1.807) is 0 Å². The Kier molecular flexibility index (Phi) is 9.75. The summed E-state index contributed by atoms with van der Waals surface area (Å²) in [4.78, 5) is 12.2. The predicted octanol–water partition coefficient (Wildman–Crippen LogP) is -0.970. The second kappa shape index (κ2) is 11.4. The molecule has 0 aromatic carbocycles. The third-order valence-corrected chi connectivity index (χ3v) is 11.7. The summed E-state index contributed by atoms with van der Waals surface area (Å²) in [6.07, 6.45) is 5.58. The average molecular weight is 538 g/mol. The van der Waals surface area contributed by atoms with Crippen molar-refractivity contribution < 1.29 is 62.6 Å². The van der Waals surface area contributed by atoms with E-state index in [9.17, 15) is 33.1 Å². The van der Waals surface area contributed by atoms with Crippen LogP contribution in [-0.2, 0) is 14.9 Å². The van der Waals surface area contributed by atoms with Crippen molar-refractivity contribution in [1.29, 1.82) is 0 Å². The van der Waals surface area contributed by atoms with E-state index >= 15 is 0 Å². The van der Waals surface area contributed by atoms with Gasteiger partial charge in [-0.15, -0.1) is 0 Å². The van der Waals surface area contributed by atoms with Crippen molar-refractivity contribution in [2.24, 2.45) is 46.3 Å². The Morgan fingerprint density at radius 2 is 1.78 bits per heavy atom. The van der Waals surface area contributed by atoms with Crippen molar-refractivity contribution in [3.63, 3.8) is 0 Å². The number of carbonyl (C=O) groups excluding carboxylic acids is 1. The van der Waals surface area contributed by atoms with Crippen molar-refractivity contribution in [1.82, 2.24) is 5.32 Å². The maximum Gasteiger partial charge on any atom is 1.00 e. The van der Waals surface area contributed by atoms with Crippen LogP contribution in [-0.4, -0.2) is 64.8 Å². The van der Waals surface area contributed by atoms with Gasteiger partial charge in [-0.05, 0) is 97.7 Å². The maximum absolute atomic E-state index is 12.2. The molecule has 4 saturated carbocycles. The molecular formula is C26H44NNaO7S. The molecule has 0 aromatic rings. The second-order valence-corrected chi connectivity index (χ2v) is 14.2. The summed E-state index contributed by atoms with van der Waals surface area (Å²) in [6.45, 7) is 6.48. The van der Waals surface area contributed by atoms with Crippen molar-refractivity contribution in [2.75, 3.05) is 12.3 Å². The van der Waals surface area contributed by atoms with Gasteiger partial charge in [-0.1, -0.05) is 20.8 Å². The molecule has 4 rings (SSSR count). The second-order valence-electron chi connectivity index (χ2n) is 12.7. The van der Waals surface area contributed by atoms with Crippen LogP contribution in [0, 0.1) is 46.3 Å². The number of aliphatic hydroxyl groups excluding tert-OH is 3. The molecule has 0 radical (unpaired) electrons. The van der Waals surface area contributed by atoms with Gasteiger partial charge >= 0.3 is 29.6 Å². The molecule has 0 heterocycles. The van der Waals surface area contributed by atoms with Crippen LogP contribution >= 0.6 is 0 Å². The molecule has 36 heavy (non-hydrogen) atoms. The number of nitrogens with one attached hydrogen (secondary N) is 1. The fourth-order valence-corrected chi connectivity index (χ4v) is 9.45. The molecule has 4 fully saturated rings. The van der Waals surface area contributed by atoms with Crippen molar-refractivity contribution in [3.05, 3.63) is 0 Å². The molecule has 4 aliphatic rings. The number of aliphatic hydroxyl groups is 3. The summed E-state index contributed by atoms with van der Waals surface area (Å²) in [7, 11) is -4.35. The molecular weight excluding hydrogens is 493 g/mol.